The molecule has 0 saturated heterocycles. The maximum absolute atomic E-state index is 10.7. The molecule has 0 heterocycles. The lowest BCUT2D eigenvalue weighted by Gasteiger charge is -1.96. The van der Waals surface area contributed by atoms with E-state index in [-0.39, 0.29) is 11.5 Å². The lowest BCUT2D eigenvalue weighted by atomic mass is 10.1. The van der Waals surface area contributed by atoms with E-state index < -0.39 is 0 Å². The van der Waals surface area contributed by atoms with E-state index in [0.717, 1.165) is 0 Å². The Morgan fingerprint density at radius 3 is 1.88 bits per heavy atom. The molecule has 0 spiro atoms. The fourth-order valence-electron chi connectivity index (χ4n) is 1.31. The fraction of sp³-hybridized carbons (Fsp3) is 0.0714. The molecule has 86 valence electrons. The molecule has 0 atom stereocenters. The van der Waals surface area contributed by atoms with Crippen molar-refractivity contribution in [2.24, 2.45) is 0 Å². The van der Waals surface area contributed by atoms with Crippen molar-refractivity contribution >= 4 is 26.5 Å². The van der Waals surface area contributed by atoms with Gasteiger partial charge in [0.2, 0.25) is 0 Å². The lowest BCUT2D eigenvalue weighted by molar-refractivity contribution is 0.101. The number of benzene rings is 2. The summed E-state index contributed by atoms with van der Waals surface area (Å²) in [5.41, 5.74) is 0.377. The largest absolute Gasteiger partial charge is 0.507 e. The molecule has 1 N–H and O–H groups in total. The van der Waals surface area contributed by atoms with E-state index >= 15 is 0 Å². The van der Waals surface area contributed by atoms with E-state index in [1.807, 2.05) is 6.07 Å². The van der Waals surface area contributed by atoms with Crippen molar-refractivity contribution in [1.82, 2.24) is 0 Å². The Labute approximate surface area is 109 Å². The molecule has 2 aromatic carbocycles. The standard InChI is InChI=1S/C8H8O2.C6H5.Al.2H/c1-6(9)7-4-2-3-5-8(7)10;1-2-4-6-5-3-1;;;/h2-5,10H,1H3;1-5H;;;. The number of hydrogen-bond donors (Lipinski definition) is 1. The third-order valence-corrected chi connectivity index (χ3v) is 2.89. The Morgan fingerprint density at radius 2 is 1.53 bits per heavy atom. The average Bonchev–Trinajstić information content (AvgIpc) is 2.31. The molecule has 3 heteroatoms. The summed E-state index contributed by atoms with van der Waals surface area (Å²) >= 11 is 1.17. The first-order chi connectivity index (χ1) is 8.11. The summed E-state index contributed by atoms with van der Waals surface area (Å²) in [6.07, 6.45) is 0. The van der Waals surface area contributed by atoms with Gasteiger partial charge in [-0.3, -0.25) is 4.79 Å². The highest BCUT2D eigenvalue weighted by molar-refractivity contribution is 6.32. The number of phenols is 1. The van der Waals surface area contributed by atoms with Gasteiger partial charge in [-0.1, -0.05) is 42.5 Å². The smallest absolute Gasteiger partial charge is 0.258 e. The minimum atomic E-state index is -0.113. The molecular formula is C14H15AlO2. The van der Waals surface area contributed by atoms with Gasteiger partial charge in [0.25, 0.3) is 16.3 Å². The van der Waals surface area contributed by atoms with Crippen molar-refractivity contribution in [3.63, 3.8) is 0 Å². The zero-order valence-electron chi connectivity index (χ0n) is 10.1. The topological polar surface area (TPSA) is 37.3 Å². The normalized spacial score (nSPS) is 9.00. The number of para-hydroxylation sites is 1. The summed E-state index contributed by atoms with van der Waals surface area (Å²) in [5, 5.41) is 9.06. The third-order valence-electron chi connectivity index (χ3n) is 2.22. The van der Waals surface area contributed by atoms with Crippen molar-refractivity contribution in [2.45, 2.75) is 6.92 Å². The van der Waals surface area contributed by atoms with Gasteiger partial charge in [-0.2, -0.15) is 0 Å². The van der Waals surface area contributed by atoms with Crippen molar-refractivity contribution < 1.29 is 9.90 Å². The number of hydrogen-bond acceptors (Lipinski definition) is 2. The molecule has 0 aromatic heterocycles. The molecule has 0 unspecified atom stereocenters. The predicted molar refractivity (Wildman–Crippen MR) is 72.7 cm³/mol. The summed E-state index contributed by atoms with van der Waals surface area (Å²) in [5.74, 6) is -0.0619. The van der Waals surface area contributed by atoms with Crippen LogP contribution in [0.15, 0.2) is 54.6 Å². The van der Waals surface area contributed by atoms with E-state index in [1.54, 1.807) is 18.2 Å². The molecule has 0 bridgehead atoms. The van der Waals surface area contributed by atoms with Gasteiger partial charge in [0.1, 0.15) is 5.75 Å². The second-order valence-corrected chi connectivity index (χ2v) is 4.88. The van der Waals surface area contributed by atoms with Gasteiger partial charge in [-0.05, 0) is 19.1 Å². The summed E-state index contributed by atoms with van der Waals surface area (Å²) in [7, 11) is 0. The molecule has 17 heavy (non-hydrogen) atoms. The zero-order valence-corrected chi connectivity index (χ0v) is 12.1. The molecule has 2 nitrogen and oxygen atoms in total. The van der Waals surface area contributed by atoms with E-state index in [2.05, 4.69) is 24.3 Å². The van der Waals surface area contributed by atoms with Crippen LogP contribution in [0, 0.1) is 0 Å². The molecule has 0 radical (unpaired) electrons. The van der Waals surface area contributed by atoms with Crippen LogP contribution in [0.3, 0.4) is 0 Å². The van der Waals surface area contributed by atoms with Gasteiger partial charge in [0.15, 0.2) is 5.78 Å². The predicted octanol–water partition coefficient (Wildman–Crippen LogP) is 1.54. The fourth-order valence-corrected chi connectivity index (χ4v) is 1.69. The molecule has 0 saturated carbocycles. The van der Waals surface area contributed by atoms with Gasteiger partial charge in [0.05, 0.1) is 5.56 Å². The van der Waals surface area contributed by atoms with Gasteiger partial charge in [-0.25, -0.2) is 0 Å². The number of rotatable bonds is 1. The van der Waals surface area contributed by atoms with E-state index in [4.69, 9.17) is 5.11 Å². The Bertz CT molecular complexity index is 481. The molecule has 0 aliphatic heterocycles. The van der Waals surface area contributed by atoms with Crippen molar-refractivity contribution in [3.05, 3.63) is 60.2 Å². The third kappa shape index (κ3) is 4.86. The lowest BCUT2D eigenvalue weighted by Crippen LogP contribution is -1.97. The van der Waals surface area contributed by atoms with Crippen molar-refractivity contribution in [3.8, 4) is 5.75 Å². The molecule has 0 amide bonds. The van der Waals surface area contributed by atoms with E-state index in [1.165, 1.54) is 33.7 Å². The van der Waals surface area contributed by atoms with Crippen LogP contribution < -0.4 is 4.43 Å². The first-order valence-electron chi connectivity index (χ1n) is 5.42. The molecule has 2 rings (SSSR count). The van der Waals surface area contributed by atoms with Crippen LogP contribution in [-0.4, -0.2) is 27.2 Å². The van der Waals surface area contributed by atoms with Crippen LogP contribution >= 0.6 is 0 Å². The molecule has 0 fully saturated rings. The summed E-state index contributed by atoms with van der Waals surface area (Å²) in [4.78, 5) is 10.7. The molecule has 2 aromatic rings. The summed E-state index contributed by atoms with van der Waals surface area (Å²) in [6.45, 7) is 1.43. The van der Waals surface area contributed by atoms with E-state index in [0.29, 0.717) is 5.56 Å². The first-order valence-corrected chi connectivity index (χ1v) is 6.42. The van der Waals surface area contributed by atoms with E-state index in [9.17, 15) is 4.79 Å². The molecule has 0 aliphatic rings. The minimum Gasteiger partial charge on any atom is -0.507 e. The number of ketones is 1. The second-order valence-electron chi connectivity index (χ2n) is 3.73. The van der Waals surface area contributed by atoms with Crippen molar-refractivity contribution in [1.29, 1.82) is 0 Å². The van der Waals surface area contributed by atoms with Gasteiger partial charge in [-0.15, -0.1) is 4.43 Å². The number of carbonyl (C=O) groups excluding carboxylic acids is 1. The van der Waals surface area contributed by atoms with Gasteiger partial charge in [0, 0.05) is 0 Å². The van der Waals surface area contributed by atoms with Crippen LogP contribution in [0.4, 0.5) is 0 Å². The highest BCUT2D eigenvalue weighted by Crippen LogP contribution is 2.15. The number of phenolic OH excluding ortho intramolecular Hbond substituents is 1. The minimum absolute atomic E-state index is 0.0509. The Morgan fingerprint density at radius 1 is 1.00 bits per heavy atom. The van der Waals surface area contributed by atoms with Crippen LogP contribution in [0.2, 0.25) is 0 Å². The summed E-state index contributed by atoms with van der Waals surface area (Å²) < 4.78 is 1.46. The molecular weight excluding hydrogens is 227 g/mol. The molecule has 0 aliphatic carbocycles. The number of aromatic hydroxyl groups is 1. The highest BCUT2D eigenvalue weighted by Gasteiger charge is 2.02. The average molecular weight is 242 g/mol. The summed E-state index contributed by atoms with van der Waals surface area (Å²) in [6, 6.07) is 17.0. The first kappa shape index (κ1) is 13.5. The number of carbonyl (C=O) groups is 1. The quantitative estimate of drug-likeness (QED) is 0.608. The van der Waals surface area contributed by atoms with Gasteiger partial charge < -0.3 is 5.11 Å². The maximum Gasteiger partial charge on any atom is 0.258 e. The maximum atomic E-state index is 10.7. The Kier molecular flexibility index (Phi) is 5.49. The highest BCUT2D eigenvalue weighted by atomic mass is 27.0. The SMILES string of the molecule is CC(=O)c1ccccc1O.[AlH2][c]1ccccc1. The monoisotopic (exact) mass is 242 g/mol. The van der Waals surface area contributed by atoms with Crippen molar-refractivity contribution in [2.75, 3.05) is 0 Å². The zero-order chi connectivity index (χ0) is 12.7. The Hall–Kier alpha value is -1.56. The van der Waals surface area contributed by atoms with Crippen LogP contribution in [0.1, 0.15) is 17.3 Å². The Balaban J connectivity index is 0.000000181. The van der Waals surface area contributed by atoms with Gasteiger partial charge >= 0.3 is 0 Å². The van der Waals surface area contributed by atoms with Crippen LogP contribution in [0.5, 0.6) is 5.75 Å². The number of Topliss-reactive ketones (excluding diaryl/α,β-unsaturated/α-hetero) is 1. The second kappa shape index (κ2) is 6.90. The van der Waals surface area contributed by atoms with Crippen LogP contribution in [0.25, 0.3) is 0 Å². The van der Waals surface area contributed by atoms with Crippen LogP contribution in [-0.2, 0) is 0 Å².